The number of rotatable bonds is 2. The monoisotopic (exact) mass is 138 g/mol. The maximum atomic E-state index is 2.91. The first-order valence-electron chi connectivity index (χ1n) is 1.71. The van der Waals surface area contributed by atoms with Crippen molar-refractivity contribution in [3.05, 3.63) is 0 Å². The van der Waals surface area contributed by atoms with Gasteiger partial charge in [0.05, 0.1) is 0 Å². The lowest BCUT2D eigenvalue weighted by Crippen LogP contribution is -2.21. The molecule has 0 atom stereocenters. The fourth-order valence-corrected chi connectivity index (χ4v) is 0.177. The quantitative estimate of drug-likeness (QED) is 0.570. The number of hydrogen-bond acceptors (Lipinski definition) is 2. The molecule has 0 bridgehead atoms. The smallest absolute Gasteiger partial charge is 0.0449 e. The van der Waals surface area contributed by atoms with Gasteiger partial charge in [0, 0.05) is 6.67 Å². The van der Waals surface area contributed by atoms with Gasteiger partial charge in [0.1, 0.15) is 0 Å². The molecule has 0 saturated heterocycles. The molecule has 0 aromatic carbocycles. The molecule has 0 aromatic rings. The summed E-state index contributed by atoms with van der Waals surface area (Å²) in [5.41, 5.74) is 0. The van der Waals surface area contributed by atoms with Gasteiger partial charge in [-0.15, -0.1) is 0 Å². The minimum absolute atomic E-state index is 0. The molecule has 0 heterocycles. The normalized spacial score (nSPS) is 4.67. The zero-order chi connectivity index (χ0) is 4.12. The Hall–Kier alpha value is -0.0800. The summed E-state index contributed by atoms with van der Waals surface area (Å²) in [6.45, 7) is 0.889. The second-order valence-corrected chi connectivity index (χ2v) is 0.884. The van der Waals surface area contributed by atoms with Crippen LogP contribution in [0, 0.1) is 0 Å². The summed E-state index contributed by atoms with van der Waals surface area (Å²) in [6.07, 6.45) is 0. The van der Waals surface area contributed by atoms with Crippen LogP contribution in [0.1, 0.15) is 29.7 Å². The summed E-state index contributed by atoms with van der Waals surface area (Å²) in [6, 6.07) is 0. The third-order valence-electron chi connectivity index (χ3n) is 0.354. The molecule has 64 valence electrons. The molecule has 0 radical (unpaired) electrons. The highest BCUT2D eigenvalue weighted by molar-refractivity contribution is 4.22. The zero-order valence-corrected chi connectivity index (χ0v) is 3.71. The third-order valence-corrected chi connectivity index (χ3v) is 0.354. The Morgan fingerprint density at radius 1 is 0.778 bits per heavy atom. The molecule has 0 spiro atoms. The Kier molecular flexibility index (Phi) is 180. The molecule has 0 aromatic heterocycles. The maximum absolute atomic E-state index is 2.91. The molecule has 0 aliphatic carbocycles. The summed E-state index contributed by atoms with van der Waals surface area (Å²) in [4.78, 5) is 0. The standard InChI is InChI=1S/C3H10N2.4CH4/c1-4-3-5-2;;;;/h4-5H,3H2,1-2H3;4*1H4. The maximum Gasteiger partial charge on any atom is 0.0449 e. The summed E-state index contributed by atoms with van der Waals surface area (Å²) < 4.78 is 0. The lowest BCUT2D eigenvalue weighted by atomic mass is 11.0. The van der Waals surface area contributed by atoms with Gasteiger partial charge in [0.15, 0.2) is 0 Å². The molecule has 2 N–H and O–H groups in total. The predicted molar refractivity (Wildman–Crippen MR) is 49.9 cm³/mol. The van der Waals surface area contributed by atoms with Crippen LogP contribution in [0.3, 0.4) is 0 Å². The van der Waals surface area contributed by atoms with Crippen LogP contribution in [-0.2, 0) is 0 Å². The molecule has 9 heavy (non-hydrogen) atoms. The van der Waals surface area contributed by atoms with Crippen LogP contribution >= 0.6 is 0 Å². The van der Waals surface area contributed by atoms with E-state index in [1.165, 1.54) is 0 Å². The largest absolute Gasteiger partial charge is 0.308 e. The Balaban J connectivity index is -0.0000000133. The number of hydrogen-bond donors (Lipinski definition) is 2. The van der Waals surface area contributed by atoms with Crippen molar-refractivity contribution >= 4 is 0 Å². The van der Waals surface area contributed by atoms with Crippen molar-refractivity contribution < 1.29 is 0 Å². The fourth-order valence-electron chi connectivity index (χ4n) is 0.177. The van der Waals surface area contributed by atoms with Gasteiger partial charge in [0.2, 0.25) is 0 Å². The van der Waals surface area contributed by atoms with E-state index in [-0.39, 0.29) is 29.7 Å². The molecule has 2 heteroatoms. The average Bonchev–Trinajstić information content (AvgIpc) is 1.41. The summed E-state index contributed by atoms with van der Waals surface area (Å²) in [7, 11) is 3.80. The summed E-state index contributed by atoms with van der Waals surface area (Å²) in [5.74, 6) is 0. The molecule has 0 aliphatic rings. The van der Waals surface area contributed by atoms with Gasteiger partial charge in [-0.1, -0.05) is 29.7 Å². The predicted octanol–water partition coefficient (Wildman–Crippen LogP) is 1.93. The van der Waals surface area contributed by atoms with Crippen LogP contribution in [0.25, 0.3) is 0 Å². The fraction of sp³-hybridized carbons (Fsp3) is 1.00. The Morgan fingerprint density at radius 2 is 1.00 bits per heavy atom. The SMILES string of the molecule is C.C.C.C.CNCNC. The van der Waals surface area contributed by atoms with Crippen molar-refractivity contribution in [2.45, 2.75) is 29.7 Å². The van der Waals surface area contributed by atoms with Gasteiger partial charge >= 0.3 is 0 Å². The highest BCUT2D eigenvalue weighted by Crippen LogP contribution is 1.30. The first kappa shape index (κ1) is 36.4. The lowest BCUT2D eigenvalue weighted by molar-refractivity contribution is 0.708. The van der Waals surface area contributed by atoms with Crippen LogP contribution in [0.15, 0.2) is 0 Å². The summed E-state index contributed by atoms with van der Waals surface area (Å²) in [5, 5.41) is 5.81. The minimum Gasteiger partial charge on any atom is -0.308 e. The first-order valence-corrected chi connectivity index (χ1v) is 1.71. The van der Waals surface area contributed by atoms with Gasteiger partial charge in [-0.05, 0) is 14.1 Å². The van der Waals surface area contributed by atoms with Crippen LogP contribution in [0.2, 0.25) is 0 Å². The van der Waals surface area contributed by atoms with Crippen molar-refractivity contribution in [2.24, 2.45) is 0 Å². The molecule has 2 nitrogen and oxygen atoms in total. The zero-order valence-electron chi connectivity index (χ0n) is 3.71. The van der Waals surface area contributed by atoms with Crippen molar-refractivity contribution in [3.63, 3.8) is 0 Å². The van der Waals surface area contributed by atoms with E-state index in [1.54, 1.807) is 0 Å². The van der Waals surface area contributed by atoms with E-state index in [1.807, 2.05) is 14.1 Å². The average molecular weight is 138 g/mol. The van der Waals surface area contributed by atoms with Crippen molar-refractivity contribution in [1.29, 1.82) is 0 Å². The van der Waals surface area contributed by atoms with Crippen LogP contribution in [0.4, 0.5) is 0 Å². The molecule has 0 amide bonds. The third kappa shape index (κ3) is 75.3. The molecule has 0 unspecified atom stereocenters. The highest BCUT2D eigenvalue weighted by atomic mass is 15.0. The highest BCUT2D eigenvalue weighted by Gasteiger charge is 1.60. The van der Waals surface area contributed by atoms with E-state index >= 15 is 0 Å². The lowest BCUT2D eigenvalue weighted by Gasteiger charge is -1.88. The van der Waals surface area contributed by atoms with Gasteiger partial charge in [-0.3, -0.25) is 0 Å². The van der Waals surface area contributed by atoms with E-state index in [0.717, 1.165) is 6.67 Å². The van der Waals surface area contributed by atoms with Crippen molar-refractivity contribution in [1.82, 2.24) is 10.6 Å². The summed E-state index contributed by atoms with van der Waals surface area (Å²) >= 11 is 0. The van der Waals surface area contributed by atoms with Crippen molar-refractivity contribution in [3.8, 4) is 0 Å². The van der Waals surface area contributed by atoms with Crippen LogP contribution in [0.5, 0.6) is 0 Å². The Bertz CT molecular complexity index is 14.4. The van der Waals surface area contributed by atoms with E-state index < -0.39 is 0 Å². The van der Waals surface area contributed by atoms with E-state index in [4.69, 9.17) is 0 Å². The minimum atomic E-state index is 0. The van der Waals surface area contributed by atoms with Crippen molar-refractivity contribution in [2.75, 3.05) is 20.8 Å². The van der Waals surface area contributed by atoms with Gasteiger partial charge in [0.25, 0.3) is 0 Å². The van der Waals surface area contributed by atoms with E-state index in [2.05, 4.69) is 10.6 Å². The van der Waals surface area contributed by atoms with Gasteiger partial charge in [-0.2, -0.15) is 0 Å². The molecule has 0 aliphatic heterocycles. The molecule has 0 fully saturated rings. The van der Waals surface area contributed by atoms with E-state index in [9.17, 15) is 0 Å². The van der Waals surface area contributed by atoms with Crippen LogP contribution in [-0.4, -0.2) is 20.8 Å². The second-order valence-electron chi connectivity index (χ2n) is 0.884. The molecule has 0 rings (SSSR count). The second kappa shape index (κ2) is 44.5. The van der Waals surface area contributed by atoms with Crippen LogP contribution < -0.4 is 10.6 Å². The molecular formula is C7H26N2. The molecular weight excluding hydrogens is 112 g/mol. The molecule has 0 saturated carbocycles. The van der Waals surface area contributed by atoms with Gasteiger partial charge < -0.3 is 10.6 Å². The van der Waals surface area contributed by atoms with Gasteiger partial charge in [-0.25, -0.2) is 0 Å². The van der Waals surface area contributed by atoms with E-state index in [0.29, 0.717) is 0 Å². The Morgan fingerprint density at radius 3 is 1.00 bits per heavy atom. The first-order chi connectivity index (χ1) is 2.41. The topological polar surface area (TPSA) is 24.1 Å². The number of nitrogens with one attached hydrogen (secondary N) is 2. The Labute approximate surface area is 62.1 Å².